The summed E-state index contributed by atoms with van der Waals surface area (Å²) < 4.78 is 1.48. The average molecular weight is 195 g/mol. The Morgan fingerprint density at radius 2 is 1.92 bits per heavy atom. The summed E-state index contributed by atoms with van der Waals surface area (Å²) in [6.07, 6.45) is 0. The number of para-hydroxylation sites is 1. The predicted octanol–water partition coefficient (Wildman–Crippen LogP) is 1.50. The zero-order valence-corrected chi connectivity index (χ0v) is 7.44. The van der Waals surface area contributed by atoms with Gasteiger partial charge in [0.1, 0.15) is 0 Å². The molecule has 0 amide bonds. The van der Waals surface area contributed by atoms with Crippen LogP contribution in [0.5, 0.6) is 0 Å². The first-order chi connectivity index (χ1) is 6.27. The summed E-state index contributed by atoms with van der Waals surface area (Å²) in [6, 6.07) is 9.45. The van der Waals surface area contributed by atoms with Crippen LogP contribution in [0.15, 0.2) is 30.3 Å². The molecule has 0 saturated heterocycles. The number of benzene rings is 1. The fourth-order valence-corrected chi connectivity index (χ4v) is 1.26. The van der Waals surface area contributed by atoms with Crippen molar-refractivity contribution in [3.05, 3.63) is 35.6 Å². The van der Waals surface area contributed by atoms with Crippen molar-refractivity contribution in [2.75, 3.05) is 5.73 Å². The van der Waals surface area contributed by atoms with Crippen LogP contribution in [-0.4, -0.2) is 14.8 Å². The summed E-state index contributed by atoms with van der Waals surface area (Å²) >= 11 is 5.79. The quantitative estimate of drug-likeness (QED) is 0.749. The topological polar surface area (TPSA) is 56.7 Å². The minimum atomic E-state index is 0.175. The lowest BCUT2D eigenvalue weighted by Gasteiger charge is -1.98. The second kappa shape index (κ2) is 3.06. The van der Waals surface area contributed by atoms with E-state index in [-0.39, 0.29) is 11.2 Å². The Morgan fingerprint density at radius 3 is 2.46 bits per heavy atom. The van der Waals surface area contributed by atoms with Crippen LogP contribution in [-0.2, 0) is 0 Å². The largest absolute Gasteiger partial charge is 0.366 e. The first-order valence-corrected chi connectivity index (χ1v) is 4.08. The number of nitrogens with two attached hydrogens (primary N) is 1. The molecule has 0 unspecified atom stereocenters. The number of nitrogens with zero attached hydrogens (tertiary/aromatic N) is 3. The van der Waals surface area contributed by atoms with Gasteiger partial charge in [-0.2, -0.15) is 4.98 Å². The zero-order valence-electron chi connectivity index (χ0n) is 6.68. The molecule has 0 aliphatic carbocycles. The lowest BCUT2D eigenvalue weighted by molar-refractivity contribution is 0.884. The normalized spacial score (nSPS) is 10.2. The van der Waals surface area contributed by atoms with E-state index in [2.05, 4.69) is 10.1 Å². The fourth-order valence-electron chi connectivity index (χ4n) is 1.04. The third-order valence-corrected chi connectivity index (χ3v) is 1.83. The van der Waals surface area contributed by atoms with E-state index in [1.54, 1.807) is 0 Å². The maximum absolute atomic E-state index is 5.79. The molecule has 0 radical (unpaired) electrons. The van der Waals surface area contributed by atoms with Crippen LogP contribution in [0.2, 0.25) is 5.28 Å². The van der Waals surface area contributed by atoms with Crippen molar-refractivity contribution < 1.29 is 0 Å². The average Bonchev–Trinajstić information content (AvgIpc) is 2.47. The van der Waals surface area contributed by atoms with Crippen LogP contribution in [0.1, 0.15) is 0 Å². The number of aromatic nitrogens is 3. The van der Waals surface area contributed by atoms with E-state index in [1.807, 2.05) is 30.3 Å². The molecule has 0 aliphatic rings. The molecule has 0 spiro atoms. The van der Waals surface area contributed by atoms with Gasteiger partial charge in [0.2, 0.25) is 11.2 Å². The molecule has 1 heterocycles. The Kier molecular flexibility index (Phi) is 1.90. The van der Waals surface area contributed by atoms with Gasteiger partial charge in [-0.3, -0.25) is 0 Å². The molecule has 0 saturated carbocycles. The highest BCUT2D eigenvalue weighted by molar-refractivity contribution is 6.28. The van der Waals surface area contributed by atoms with E-state index in [4.69, 9.17) is 17.3 Å². The first-order valence-electron chi connectivity index (χ1n) is 3.71. The van der Waals surface area contributed by atoms with Crippen LogP contribution in [0.3, 0.4) is 0 Å². The number of rotatable bonds is 1. The summed E-state index contributed by atoms with van der Waals surface area (Å²) in [5.74, 6) is 0.175. The highest BCUT2D eigenvalue weighted by Gasteiger charge is 2.05. The molecule has 4 nitrogen and oxygen atoms in total. The maximum Gasteiger partial charge on any atom is 0.241 e. The van der Waals surface area contributed by atoms with Crippen molar-refractivity contribution in [2.45, 2.75) is 0 Å². The molecule has 2 rings (SSSR count). The Morgan fingerprint density at radius 1 is 1.23 bits per heavy atom. The van der Waals surface area contributed by atoms with E-state index < -0.39 is 0 Å². The number of hydrogen-bond donors (Lipinski definition) is 1. The van der Waals surface area contributed by atoms with Gasteiger partial charge in [0.15, 0.2) is 0 Å². The van der Waals surface area contributed by atoms with E-state index in [0.717, 1.165) is 5.69 Å². The molecule has 66 valence electrons. The Balaban J connectivity index is 2.53. The highest BCUT2D eigenvalue weighted by Crippen LogP contribution is 2.13. The van der Waals surface area contributed by atoms with E-state index >= 15 is 0 Å². The molecule has 13 heavy (non-hydrogen) atoms. The lowest BCUT2D eigenvalue weighted by atomic mass is 10.3. The monoisotopic (exact) mass is 194 g/mol. The van der Waals surface area contributed by atoms with E-state index in [1.165, 1.54) is 4.68 Å². The number of halogens is 1. The van der Waals surface area contributed by atoms with E-state index in [9.17, 15) is 0 Å². The highest BCUT2D eigenvalue weighted by atomic mass is 35.5. The van der Waals surface area contributed by atoms with Gasteiger partial charge in [-0.15, -0.1) is 5.10 Å². The van der Waals surface area contributed by atoms with Gasteiger partial charge in [-0.1, -0.05) is 18.2 Å². The van der Waals surface area contributed by atoms with Crippen molar-refractivity contribution >= 4 is 17.5 Å². The summed E-state index contributed by atoms with van der Waals surface area (Å²) in [4.78, 5) is 3.78. The minimum Gasteiger partial charge on any atom is -0.366 e. The van der Waals surface area contributed by atoms with Crippen molar-refractivity contribution in [1.82, 2.24) is 14.8 Å². The smallest absolute Gasteiger partial charge is 0.241 e. The van der Waals surface area contributed by atoms with Crippen LogP contribution in [0.4, 0.5) is 5.95 Å². The maximum atomic E-state index is 5.79. The fraction of sp³-hybridized carbons (Fsp3) is 0. The second-order valence-corrected chi connectivity index (χ2v) is 2.82. The molecule has 5 heteroatoms. The number of hydrogen-bond acceptors (Lipinski definition) is 3. The van der Waals surface area contributed by atoms with Crippen LogP contribution in [0.25, 0.3) is 5.69 Å². The van der Waals surface area contributed by atoms with Gasteiger partial charge >= 0.3 is 0 Å². The Hall–Kier alpha value is -1.55. The standard InChI is InChI=1S/C8H7ClN4/c9-7-11-8(10)12-13(7)6-4-2-1-3-5-6/h1-5H,(H2,10,12). The van der Waals surface area contributed by atoms with Crippen molar-refractivity contribution in [3.8, 4) is 5.69 Å². The number of nitrogen functional groups attached to an aromatic ring is 1. The minimum absolute atomic E-state index is 0.175. The van der Waals surface area contributed by atoms with Crippen LogP contribution >= 0.6 is 11.6 Å². The molecular weight excluding hydrogens is 188 g/mol. The molecule has 2 aromatic rings. The van der Waals surface area contributed by atoms with Gasteiger partial charge in [0, 0.05) is 0 Å². The van der Waals surface area contributed by atoms with Gasteiger partial charge < -0.3 is 5.73 Å². The molecule has 0 atom stereocenters. The SMILES string of the molecule is Nc1nc(Cl)n(-c2ccccc2)n1. The molecule has 1 aromatic carbocycles. The van der Waals surface area contributed by atoms with Crippen molar-refractivity contribution in [3.63, 3.8) is 0 Å². The Bertz CT molecular complexity index is 409. The molecule has 0 fully saturated rings. The predicted molar refractivity (Wildman–Crippen MR) is 50.8 cm³/mol. The first kappa shape index (κ1) is 8.07. The lowest BCUT2D eigenvalue weighted by Crippen LogP contribution is -1.96. The number of anilines is 1. The van der Waals surface area contributed by atoms with Gasteiger partial charge in [-0.25, -0.2) is 4.68 Å². The summed E-state index contributed by atoms with van der Waals surface area (Å²) in [7, 11) is 0. The molecule has 2 N–H and O–H groups in total. The summed E-state index contributed by atoms with van der Waals surface area (Å²) in [5.41, 5.74) is 6.23. The van der Waals surface area contributed by atoms with E-state index in [0.29, 0.717) is 0 Å². The van der Waals surface area contributed by atoms with Crippen LogP contribution in [0, 0.1) is 0 Å². The second-order valence-electron chi connectivity index (χ2n) is 2.49. The summed E-state index contributed by atoms with van der Waals surface area (Å²) in [5, 5.41) is 4.20. The van der Waals surface area contributed by atoms with Gasteiger partial charge in [0.05, 0.1) is 5.69 Å². The van der Waals surface area contributed by atoms with Gasteiger partial charge in [0.25, 0.3) is 0 Å². The van der Waals surface area contributed by atoms with Crippen LogP contribution < -0.4 is 5.73 Å². The third kappa shape index (κ3) is 1.48. The van der Waals surface area contributed by atoms with Gasteiger partial charge in [-0.05, 0) is 23.7 Å². The third-order valence-electron chi connectivity index (χ3n) is 1.58. The molecular formula is C8H7ClN4. The molecule has 0 bridgehead atoms. The Labute approximate surface area is 80.0 Å². The zero-order chi connectivity index (χ0) is 9.26. The van der Waals surface area contributed by atoms with Crippen molar-refractivity contribution in [1.29, 1.82) is 0 Å². The molecule has 1 aromatic heterocycles. The molecule has 0 aliphatic heterocycles. The van der Waals surface area contributed by atoms with Crippen molar-refractivity contribution in [2.24, 2.45) is 0 Å². The summed E-state index contributed by atoms with van der Waals surface area (Å²) in [6.45, 7) is 0.